The Kier molecular flexibility index (Phi) is 5.72. The summed E-state index contributed by atoms with van der Waals surface area (Å²) in [5, 5.41) is 0. The van der Waals surface area contributed by atoms with E-state index in [4.69, 9.17) is 0 Å². The van der Waals surface area contributed by atoms with E-state index in [0.717, 1.165) is 62.5 Å². The lowest BCUT2D eigenvalue weighted by atomic mass is 9.82. The summed E-state index contributed by atoms with van der Waals surface area (Å²) in [6.45, 7) is 4.25. The molecule has 2 heteroatoms. The van der Waals surface area contributed by atoms with Crippen molar-refractivity contribution >= 4 is 11.6 Å². The van der Waals surface area contributed by atoms with E-state index in [2.05, 4.69) is 38.1 Å². The van der Waals surface area contributed by atoms with Gasteiger partial charge in [-0.25, -0.2) is 0 Å². The van der Waals surface area contributed by atoms with Crippen molar-refractivity contribution in [3.63, 3.8) is 0 Å². The summed E-state index contributed by atoms with van der Waals surface area (Å²) in [6.07, 6.45) is 9.61. The monoisotopic (exact) mass is 388 g/mol. The predicted octanol–water partition coefficient (Wildman–Crippen LogP) is 6.32. The molecule has 2 aliphatic rings. The van der Waals surface area contributed by atoms with E-state index in [-0.39, 0.29) is 17.0 Å². The maximum atomic E-state index is 12.4. The summed E-state index contributed by atoms with van der Waals surface area (Å²) in [5.41, 5.74) is 7.54. The van der Waals surface area contributed by atoms with Crippen LogP contribution in [0.2, 0.25) is 0 Å². The Morgan fingerprint density at radius 3 is 1.52 bits per heavy atom. The molecule has 0 aliphatic heterocycles. The zero-order chi connectivity index (χ0) is 20.4. The van der Waals surface area contributed by atoms with E-state index in [1.807, 2.05) is 12.1 Å². The van der Waals surface area contributed by atoms with Gasteiger partial charge in [-0.05, 0) is 78.3 Å². The summed E-state index contributed by atoms with van der Waals surface area (Å²) in [7, 11) is 0. The van der Waals surface area contributed by atoms with Crippen molar-refractivity contribution in [1.29, 1.82) is 0 Å². The van der Waals surface area contributed by atoms with E-state index >= 15 is 0 Å². The third-order valence-corrected chi connectivity index (χ3v) is 6.83. The third-order valence-electron chi connectivity index (χ3n) is 6.83. The minimum atomic E-state index is 0.237. The molecule has 0 aromatic heterocycles. The van der Waals surface area contributed by atoms with Crippen LogP contribution in [0.15, 0.2) is 36.4 Å². The number of Topliss-reactive ketones (excluding diaryl/α,β-unsaturated/α-hetero) is 2. The van der Waals surface area contributed by atoms with Crippen LogP contribution in [0.5, 0.6) is 0 Å². The number of fused-ring (bicyclic) bond motifs is 2. The lowest BCUT2D eigenvalue weighted by Crippen LogP contribution is -2.21. The van der Waals surface area contributed by atoms with Gasteiger partial charge >= 0.3 is 0 Å². The second-order valence-corrected chi connectivity index (χ2v) is 9.23. The molecule has 0 saturated carbocycles. The van der Waals surface area contributed by atoms with E-state index in [1.165, 1.54) is 22.3 Å². The van der Waals surface area contributed by atoms with Gasteiger partial charge in [0.2, 0.25) is 0 Å². The van der Waals surface area contributed by atoms with Crippen LogP contribution in [0.4, 0.5) is 0 Å². The molecule has 2 aromatic carbocycles. The molecule has 0 heterocycles. The first-order valence-corrected chi connectivity index (χ1v) is 11.3. The molecule has 2 aliphatic carbocycles. The van der Waals surface area contributed by atoms with Gasteiger partial charge in [-0.3, -0.25) is 9.59 Å². The number of hydrogen-bond acceptors (Lipinski definition) is 2. The Hall–Kier alpha value is -2.22. The SMILES string of the molecule is CCCCC(=O)c1ccc2c(c1)CC1(C2)Cc2ccc(C(=O)CCCC)cc2C1. The first-order valence-electron chi connectivity index (χ1n) is 11.3. The zero-order valence-corrected chi connectivity index (χ0v) is 17.9. The molecule has 0 radical (unpaired) electrons. The molecular weight excluding hydrogens is 356 g/mol. The minimum Gasteiger partial charge on any atom is -0.294 e. The molecule has 0 amide bonds. The second-order valence-electron chi connectivity index (χ2n) is 9.23. The fraction of sp³-hybridized carbons (Fsp3) is 0.481. The van der Waals surface area contributed by atoms with E-state index < -0.39 is 0 Å². The van der Waals surface area contributed by atoms with Crippen LogP contribution in [0.1, 0.15) is 95.3 Å². The van der Waals surface area contributed by atoms with Crippen molar-refractivity contribution in [1.82, 2.24) is 0 Å². The van der Waals surface area contributed by atoms with Crippen molar-refractivity contribution in [2.45, 2.75) is 78.1 Å². The molecule has 0 bridgehead atoms. The van der Waals surface area contributed by atoms with Gasteiger partial charge < -0.3 is 0 Å². The Balaban J connectivity index is 1.49. The van der Waals surface area contributed by atoms with Crippen LogP contribution in [0, 0.1) is 5.41 Å². The fourth-order valence-electron chi connectivity index (χ4n) is 5.23. The first kappa shape index (κ1) is 20.1. The van der Waals surface area contributed by atoms with E-state index in [9.17, 15) is 9.59 Å². The standard InChI is InChI=1S/C27H32O2/c1-3-5-7-25(28)19-9-11-21-15-27(17-23(21)13-19)16-22-12-10-20(14-24(22)18-27)26(29)8-6-4-2/h9-14H,3-8,15-18H2,1-2H3. The largest absolute Gasteiger partial charge is 0.294 e. The van der Waals surface area contributed by atoms with E-state index in [0.29, 0.717) is 12.8 Å². The van der Waals surface area contributed by atoms with Crippen molar-refractivity contribution < 1.29 is 9.59 Å². The highest BCUT2D eigenvalue weighted by Gasteiger charge is 2.42. The van der Waals surface area contributed by atoms with Gasteiger partial charge in [0, 0.05) is 24.0 Å². The first-order chi connectivity index (χ1) is 14.0. The minimum absolute atomic E-state index is 0.237. The van der Waals surface area contributed by atoms with Crippen LogP contribution in [-0.4, -0.2) is 11.6 Å². The van der Waals surface area contributed by atoms with E-state index in [1.54, 1.807) is 0 Å². The number of benzene rings is 2. The quantitative estimate of drug-likeness (QED) is 0.496. The molecule has 0 fully saturated rings. The van der Waals surface area contributed by atoms with Crippen molar-refractivity contribution in [2.75, 3.05) is 0 Å². The van der Waals surface area contributed by atoms with Gasteiger partial charge in [0.25, 0.3) is 0 Å². The van der Waals surface area contributed by atoms with Gasteiger partial charge in [-0.1, -0.05) is 51.0 Å². The highest BCUT2D eigenvalue weighted by atomic mass is 16.1. The second kappa shape index (κ2) is 8.26. The molecule has 152 valence electrons. The zero-order valence-electron chi connectivity index (χ0n) is 17.9. The smallest absolute Gasteiger partial charge is 0.162 e. The van der Waals surface area contributed by atoms with Crippen LogP contribution in [-0.2, 0) is 25.7 Å². The molecule has 2 aromatic rings. The normalized spacial score (nSPS) is 16.1. The average molecular weight is 389 g/mol. The summed E-state index contributed by atoms with van der Waals surface area (Å²) in [4.78, 5) is 24.9. The number of rotatable bonds is 8. The highest BCUT2D eigenvalue weighted by molar-refractivity contribution is 5.97. The molecular formula is C27H32O2. The predicted molar refractivity (Wildman–Crippen MR) is 118 cm³/mol. The van der Waals surface area contributed by atoms with Crippen molar-refractivity contribution in [2.24, 2.45) is 5.41 Å². The Morgan fingerprint density at radius 2 is 1.10 bits per heavy atom. The van der Waals surface area contributed by atoms with Gasteiger partial charge in [-0.2, -0.15) is 0 Å². The molecule has 29 heavy (non-hydrogen) atoms. The Morgan fingerprint density at radius 1 is 0.690 bits per heavy atom. The fourth-order valence-corrected chi connectivity index (χ4v) is 5.23. The highest BCUT2D eigenvalue weighted by Crippen LogP contribution is 2.47. The van der Waals surface area contributed by atoms with Gasteiger partial charge in [-0.15, -0.1) is 0 Å². The summed E-state index contributed by atoms with van der Waals surface area (Å²) < 4.78 is 0. The Labute approximate surface area is 174 Å². The van der Waals surface area contributed by atoms with Gasteiger partial charge in [0.15, 0.2) is 11.6 Å². The molecule has 0 N–H and O–H groups in total. The number of carbonyl (C=O) groups excluding carboxylic acids is 2. The lowest BCUT2D eigenvalue weighted by molar-refractivity contribution is 0.0971. The summed E-state index contributed by atoms with van der Waals surface area (Å²) in [5.74, 6) is 0.557. The summed E-state index contributed by atoms with van der Waals surface area (Å²) >= 11 is 0. The Bertz CT molecular complexity index is 860. The van der Waals surface area contributed by atoms with Crippen LogP contribution < -0.4 is 0 Å². The lowest BCUT2D eigenvalue weighted by Gasteiger charge is -2.21. The molecule has 0 unspecified atom stereocenters. The number of unbranched alkanes of at least 4 members (excludes halogenated alkanes) is 2. The van der Waals surface area contributed by atoms with Crippen LogP contribution >= 0.6 is 0 Å². The van der Waals surface area contributed by atoms with Gasteiger partial charge in [0.1, 0.15) is 0 Å². The third kappa shape index (κ3) is 4.08. The molecule has 0 atom stereocenters. The van der Waals surface area contributed by atoms with Crippen molar-refractivity contribution in [3.8, 4) is 0 Å². The number of carbonyl (C=O) groups is 2. The molecule has 1 spiro atoms. The van der Waals surface area contributed by atoms with Gasteiger partial charge in [0.05, 0.1) is 0 Å². The molecule has 4 rings (SSSR count). The maximum absolute atomic E-state index is 12.4. The maximum Gasteiger partial charge on any atom is 0.162 e. The number of ketones is 2. The topological polar surface area (TPSA) is 34.1 Å². The van der Waals surface area contributed by atoms with Crippen LogP contribution in [0.3, 0.4) is 0 Å². The van der Waals surface area contributed by atoms with Crippen molar-refractivity contribution in [3.05, 3.63) is 69.8 Å². The average Bonchev–Trinajstić information content (AvgIpc) is 3.26. The van der Waals surface area contributed by atoms with Crippen LogP contribution in [0.25, 0.3) is 0 Å². The number of hydrogen-bond donors (Lipinski definition) is 0. The summed E-state index contributed by atoms with van der Waals surface area (Å²) in [6, 6.07) is 12.7. The molecule has 0 saturated heterocycles. The molecule has 2 nitrogen and oxygen atoms in total.